The van der Waals surface area contributed by atoms with Crippen LogP contribution in [0.5, 0.6) is 23.0 Å². The number of halogens is 4. The van der Waals surface area contributed by atoms with E-state index in [1.165, 1.54) is 40.7 Å². The van der Waals surface area contributed by atoms with E-state index in [0.29, 0.717) is 96.6 Å². The topological polar surface area (TPSA) is 383 Å². The van der Waals surface area contributed by atoms with Crippen LogP contribution in [0.15, 0.2) is 126 Å². The maximum Gasteiger partial charge on any atom is 0.490 e. The largest absolute Gasteiger partial charge is 0.496 e. The molecule has 778 valence electrons. The Hall–Kier alpha value is -11.4. The summed E-state index contributed by atoms with van der Waals surface area (Å²) >= 11 is 9.04. The fourth-order valence-electron chi connectivity index (χ4n) is 18.2. The van der Waals surface area contributed by atoms with Crippen molar-refractivity contribution in [2.45, 2.75) is 224 Å². The van der Waals surface area contributed by atoms with Crippen LogP contribution >= 0.6 is 34.3 Å². The van der Waals surface area contributed by atoms with Crippen molar-refractivity contribution in [3.05, 3.63) is 220 Å². The van der Waals surface area contributed by atoms with Gasteiger partial charge in [-0.05, 0) is 250 Å². The predicted octanol–water partition coefficient (Wildman–Crippen LogP) is 20.1. The third kappa shape index (κ3) is 34.9. The first-order valence-electron chi connectivity index (χ1n) is 49.2. The van der Waals surface area contributed by atoms with E-state index >= 15 is 0 Å². The molecule has 4 aromatic carbocycles. The number of hydrogen-bond acceptors (Lipinski definition) is 27. The summed E-state index contributed by atoms with van der Waals surface area (Å²) < 4.78 is 97.7. The van der Waals surface area contributed by atoms with E-state index in [1.807, 2.05) is 81.2 Å². The van der Waals surface area contributed by atoms with Crippen LogP contribution in [0.2, 0.25) is 19.6 Å². The second-order valence-electron chi connectivity index (χ2n) is 36.5. The van der Waals surface area contributed by atoms with E-state index in [4.69, 9.17) is 98.3 Å². The lowest BCUT2D eigenvalue weighted by Crippen LogP contribution is -2.41. The van der Waals surface area contributed by atoms with Crippen LogP contribution in [0, 0.1) is 0 Å². The Morgan fingerprint density at radius 1 is 0.500 bits per heavy atom. The summed E-state index contributed by atoms with van der Waals surface area (Å²) in [5, 5.41) is 30.3. The number of esters is 3. The van der Waals surface area contributed by atoms with Crippen LogP contribution in [-0.2, 0) is 128 Å². The Balaban J connectivity index is 0.000000194. The number of aromatic nitrogens is 4. The number of nitrogens with zero attached hydrogens (tertiary/aromatic N) is 6. The number of methoxy groups -OCH3 is 5. The first kappa shape index (κ1) is 115. The van der Waals surface area contributed by atoms with Crippen molar-refractivity contribution >= 4 is 117 Å². The number of carboxylic acid groups (broad SMARTS) is 2. The van der Waals surface area contributed by atoms with E-state index in [0.717, 1.165) is 191 Å². The number of rotatable bonds is 43. The van der Waals surface area contributed by atoms with Gasteiger partial charge in [-0.1, -0.05) is 74.3 Å². The van der Waals surface area contributed by atoms with Crippen LogP contribution < -0.4 is 29.6 Å². The molecule has 0 aliphatic carbocycles. The summed E-state index contributed by atoms with van der Waals surface area (Å²) in [6.45, 7) is 19.2. The molecule has 1 saturated heterocycles. The van der Waals surface area contributed by atoms with Gasteiger partial charge in [-0.3, -0.25) is 28.8 Å². The summed E-state index contributed by atoms with van der Waals surface area (Å²) in [4.78, 5) is 106. The highest BCUT2D eigenvalue weighted by Crippen LogP contribution is 2.44. The van der Waals surface area contributed by atoms with Gasteiger partial charge in [0.25, 0.3) is 5.33 Å². The number of anilines is 2. The Kier molecular flexibility index (Phi) is 46.2. The summed E-state index contributed by atoms with van der Waals surface area (Å²) in [6.07, 6.45) is 17.1. The maximum atomic E-state index is 13.2. The number of ether oxygens (including phenoxy) is 12. The molecule has 4 atom stereocenters. The van der Waals surface area contributed by atoms with Gasteiger partial charge < -0.3 is 83.2 Å². The molecular weight excluding hydrogens is 1930 g/mol. The van der Waals surface area contributed by atoms with Crippen molar-refractivity contribution < 1.29 is 119 Å². The number of nitrogens with one attached hydrogen (secondary N) is 2. The molecule has 0 bridgehead atoms. The number of hydrogen-bond donors (Lipinski definition) is 4. The average Bonchev–Trinajstić information content (AvgIpc) is 0.807. The molecule has 6 aliphatic rings. The first-order chi connectivity index (χ1) is 69.3. The van der Waals surface area contributed by atoms with Gasteiger partial charge in [0.2, 0.25) is 5.78 Å². The smallest absolute Gasteiger partial charge is 0.490 e. The van der Waals surface area contributed by atoms with Gasteiger partial charge in [-0.15, -0.1) is 34.3 Å². The molecule has 0 amide bonds. The standard InChI is InChI=1S/C32H39N3O4S.C30H35N3O4S.C24H36N2O6Si.C20H25ClO5.C2HF3O2/c1-3-39-31(36)20-25(28-19-24(10-12-29(28)37-2)22-13-16-38-17-14-22)18-27-21-40-30(34-27)8-4-7-26-11-9-23-6-5-15-33-32(23)35-26;1-36-27-10-8-22(20-11-14-37-15-12-20)17-26(27)23(18-29(34)35)16-25-19-38-28(32-25)6-2-5-24-9-7-21-4-3-13-31-30(21)33-24;1-7-32-22(28)15-17(14-20(27)23(26-25)33(4,5)6)19-16-18(8-9-21(19)29-2)24(30-3)10-12-31-13-11-24;1-3-26-20(23)12-16(10-17(22)13-21)18-11-15(4-5-19(18)24-2)14-6-8-25-9-7-14;3-2(4,5)1(6)7/h9-13,19,21,25H,3-8,14-18,20H2,1-2H3,(H,33,35);7-11,17,19,23H,2-6,12-16,18H2,1H3,(H,31,33)(H,34,35);8-9,16-17H,7,10-15H2,1-6H3;4-6,11,16H,3,7-10,12-13H2,1-2H3;(H,6,7). The van der Waals surface area contributed by atoms with Gasteiger partial charge in [0.1, 0.15) is 40.4 Å². The molecular formula is C108H136ClF3N8O21S2Si. The minimum atomic E-state index is -5.08. The molecule has 14 rings (SSSR count). The van der Waals surface area contributed by atoms with Crippen LogP contribution in [-0.4, -0.2) is 223 Å². The Labute approximate surface area is 855 Å². The highest BCUT2D eigenvalue weighted by molar-refractivity contribution is 7.11. The highest BCUT2D eigenvalue weighted by Gasteiger charge is 2.42. The zero-order valence-corrected chi connectivity index (χ0v) is 87.6. The van der Waals surface area contributed by atoms with Gasteiger partial charge in [0.15, 0.2) is 8.07 Å². The highest BCUT2D eigenvalue weighted by atomic mass is 35.5. The van der Waals surface area contributed by atoms with Crippen LogP contribution in [0.4, 0.5) is 24.8 Å². The van der Waals surface area contributed by atoms with Crippen LogP contribution in [0.1, 0.15) is 229 Å². The number of ketones is 2. The van der Waals surface area contributed by atoms with Crippen molar-refractivity contribution in [1.82, 2.24) is 19.9 Å². The van der Waals surface area contributed by atoms with Gasteiger partial charge in [0, 0.05) is 105 Å². The van der Waals surface area contributed by atoms with Gasteiger partial charge in [-0.2, -0.15) is 18.0 Å². The summed E-state index contributed by atoms with van der Waals surface area (Å²) in [5.41, 5.74) is 27.3. The number of carboxylic acids is 2. The normalized spacial score (nSPS) is 15.5. The van der Waals surface area contributed by atoms with Crippen molar-refractivity contribution in [3.8, 4) is 23.0 Å². The third-order valence-electron chi connectivity index (χ3n) is 25.5. The van der Waals surface area contributed by atoms with E-state index in [1.54, 1.807) is 72.1 Å². The number of thiazole rings is 2. The predicted molar refractivity (Wildman–Crippen MR) is 551 cm³/mol. The van der Waals surface area contributed by atoms with E-state index < -0.39 is 43.7 Å². The molecule has 4 aromatic heterocycles. The second-order valence-corrected chi connectivity index (χ2v) is 43.6. The van der Waals surface area contributed by atoms with E-state index in [-0.39, 0.29) is 97.6 Å². The number of Topliss-reactive ketones (excluding diaryl/α,β-unsaturated/α-hetero) is 2. The molecule has 29 nitrogen and oxygen atoms in total. The Morgan fingerprint density at radius 3 is 1.26 bits per heavy atom. The van der Waals surface area contributed by atoms with Crippen LogP contribution in [0.3, 0.4) is 0 Å². The third-order valence-corrected chi connectivity index (χ3v) is 29.5. The van der Waals surface area contributed by atoms with Crippen molar-refractivity contribution in [3.63, 3.8) is 0 Å². The zero-order chi connectivity index (χ0) is 104. The molecule has 36 heteroatoms. The molecule has 144 heavy (non-hydrogen) atoms. The SMILES string of the molecule is CCOC(=O)CC(CC(=O)C(=[N+]=[N-])[Si](C)(C)C)c1cc(C2(OC)CCOCC2)ccc1OC.CCOC(=O)CC(CC(=O)CCl)c1cc(C2=CCOCC2)ccc1OC.CCOC(=O)CC(Cc1csc(CCCc2ccc3c(n2)NCCC3)n1)c1cc(C2=CCOCC2)ccc1OC.COc1ccc(C2=CCOCC2)cc1C(CC(=O)O)Cc1csc(CCCc2ccc3c(n2)NCCC3)n1.O=C(O)C(F)(F)F. The first-order valence-corrected chi connectivity index (χ1v) is 55.0. The van der Waals surface area contributed by atoms with Gasteiger partial charge in [-0.25, -0.2) is 24.7 Å². The number of aryl methyl sites for hydroxylation is 6. The van der Waals surface area contributed by atoms with Crippen LogP contribution in [0.25, 0.3) is 22.3 Å². The fraction of sp³-hybridized carbons (Fsp3) is 0.500. The molecule has 4 unspecified atom stereocenters. The molecule has 4 N–H and O–H groups in total. The molecule has 6 aliphatic heterocycles. The van der Waals surface area contributed by atoms with Crippen molar-refractivity contribution in [1.29, 1.82) is 0 Å². The summed E-state index contributed by atoms with van der Waals surface area (Å²) in [6, 6.07) is 32.8. The molecule has 8 aromatic rings. The van der Waals surface area contributed by atoms with Gasteiger partial charge in [0.05, 0.1) is 146 Å². The van der Waals surface area contributed by atoms with E-state index in [2.05, 4.69) is 86.9 Å². The fourth-order valence-corrected chi connectivity index (χ4v) is 21.2. The Bertz CT molecular complexity index is 5770. The molecule has 0 spiro atoms. The molecule has 10 heterocycles. The zero-order valence-electron chi connectivity index (χ0n) is 84.3. The number of aliphatic carboxylic acids is 2. The minimum Gasteiger partial charge on any atom is -0.496 e. The lowest BCUT2D eigenvalue weighted by Gasteiger charge is -2.37. The molecule has 1 fully saturated rings. The summed E-state index contributed by atoms with van der Waals surface area (Å²) in [7, 11) is 5.97. The number of fused-ring (bicyclic) bond motifs is 2. The number of benzene rings is 4. The van der Waals surface area contributed by atoms with Gasteiger partial charge >= 0.3 is 36.0 Å². The minimum absolute atomic E-state index is 0.00534. The monoisotopic (exact) mass is 2060 g/mol. The van der Waals surface area contributed by atoms with Crippen molar-refractivity contribution in [2.75, 3.05) is 138 Å². The number of carbonyl (C=O) groups excluding carboxylic acids is 5. The second kappa shape index (κ2) is 58.1. The Morgan fingerprint density at radius 2 is 0.896 bits per heavy atom. The number of pyridine rings is 2. The summed E-state index contributed by atoms with van der Waals surface area (Å²) in [5.74, 6) is -1.32. The molecule has 0 radical (unpaired) electrons. The average molecular weight is 2070 g/mol. The number of carbonyl (C=O) groups is 7. The number of alkyl halides is 4. The lowest BCUT2D eigenvalue weighted by molar-refractivity contribution is -0.192. The lowest BCUT2D eigenvalue weighted by atomic mass is 9.82. The maximum absolute atomic E-state index is 13.2. The quantitative estimate of drug-likeness (QED) is 0.00524. The van der Waals surface area contributed by atoms with Crippen molar-refractivity contribution in [2.24, 2.45) is 0 Å². The van der Waals surface area contributed by atoms with E-state index in [9.17, 15) is 52.6 Å². The molecule has 0 saturated carbocycles.